The van der Waals surface area contributed by atoms with E-state index in [1.807, 2.05) is 0 Å². The van der Waals surface area contributed by atoms with E-state index in [9.17, 15) is 19.7 Å². The zero-order valence-electron chi connectivity index (χ0n) is 10.7. The number of ether oxygens (including phenoxy) is 1. The first-order chi connectivity index (χ1) is 9.60. The van der Waals surface area contributed by atoms with Crippen LogP contribution in [-0.2, 0) is 4.79 Å². The van der Waals surface area contributed by atoms with E-state index in [0.29, 0.717) is 6.29 Å². The Bertz CT molecular complexity index is 540. The molecule has 0 unspecified atom stereocenters. The molecule has 106 valence electrons. The molecule has 0 bridgehead atoms. The Balaban J connectivity index is 1.94. The van der Waals surface area contributed by atoms with Crippen LogP contribution in [0.4, 0.5) is 5.69 Å². The third kappa shape index (κ3) is 3.78. The predicted octanol–water partition coefficient (Wildman–Crippen LogP) is 1.45. The average molecular weight is 278 g/mol. The number of rotatable bonds is 7. The van der Waals surface area contributed by atoms with Gasteiger partial charge in [-0.15, -0.1) is 0 Å². The molecule has 0 saturated heterocycles. The lowest BCUT2D eigenvalue weighted by molar-refractivity contribution is -0.385. The summed E-state index contributed by atoms with van der Waals surface area (Å²) in [6.07, 6.45) is 2.70. The summed E-state index contributed by atoms with van der Waals surface area (Å²) in [4.78, 5) is 32.3. The van der Waals surface area contributed by atoms with E-state index in [0.717, 1.165) is 12.8 Å². The molecule has 2 rings (SSSR count). The molecular weight excluding hydrogens is 264 g/mol. The van der Waals surface area contributed by atoms with Gasteiger partial charge in [-0.25, -0.2) is 0 Å². The molecule has 7 nitrogen and oxygen atoms in total. The second-order valence-corrected chi connectivity index (χ2v) is 4.54. The van der Waals surface area contributed by atoms with Gasteiger partial charge in [-0.3, -0.25) is 19.7 Å². The van der Waals surface area contributed by atoms with E-state index in [2.05, 4.69) is 5.32 Å². The van der Waals surface area contributed by atoms with Gasteiger partial charge in [-0.1, -0.05) is 0 Å². The first kappa shape index (κ1) is 14.0. The molecule has 7 heteroatoms. The molecule has 0 aliphatic heterocycles. The van der Waals surface area contributed by atoms with Crippen LogP contribution in [0.5, 0.6) is 5.75 Å². The molecule has 0 heterocycles. The fourth-order valence-electron chi connectivity index (χ4n) is 1.65. The second kappa shape index (κ2) is 6.14. The highest BCUT2D eigenvalue weighted by Crippen LogP contribution is 2.27. The molecule has 1 aliphatic rings. The highest BCUT2D eigenvalue weighted by molar-refractivity contribution is 5.77. The lowest BCUT2D eigenvalue weighted by atomic mass is 10.2. The number of nitro benzene ring substituents is 1. The minimum absolute atomic E-state index is 0.00109. The Kier molecular flexibility index (Phi) is 4.29. The van der Waals surface area contributed by atoms with Crippen LogP contribution in [0.1, 0.15) is 29.6 Å². The topological polar surface area (TPSA) is 98.5 Å². The number of hydrogen-bond donors (Lipinski definition) is 1. The minimum Gasteiger partial charge on any atom is -0.486 e. The summed E-state index contributed by atoms with van der Waals surface area (Å²) in [5.74, 6) is -0.138. The summed E-state index contributed by atoms with van der Waals surface area (Å²) < 4.78 is 5.25. The molecule has 0 atom stereocenters. The number of nitro groups is 1. The highest BCUT2D eigenvalue weighted by atomic mass is 16.6. The lowest BCUT2D eigenvalue weighted by Crippen LogP contribution is -2.26. The van der Waals surface area contributed by atoms with Crippen molar-refractivity contribution in [1.82, 2.24) is 5.32 Å². The molecule has 0 aromatic heterocycles. The van der Waals surface area contributed by atoms with E-state index in [1.54, 1.807) is 0 Å². The summed E-state index contributed by atoms with van der Waals surface area (Å²) >= 11 is 0. The number of nitrogens with zero attached hydrogens (tertiary/aromatic N) is 1. The molecule has 1 fully saturated rings. The number of aldehydes is 1. The number of nitrogens with one attached hydrogen (secondary N) is 1. The van der Waals surface area contributed by atoms with Crippen molar-refractivity contribution < 1.29 is 19.2 Å². The van der Waals surface area contributed by atoms with E-state index in [4.69, 9.17) is 4.74 Å². The fraction of sp³-hybridized carbons (Fsp3) is 0.385. The van der Waals surface area contributed by atoms with Crippen LogP contribution in [0.25, 0.3) is 0 Å². The van der Waals surface area contributed by atoms with Gasteiger partial charge in [0.2, 0.25) is 5.91 Å². The van der Waals surface area contributed by atoms with Crippen molar-refractivity contribution in [3.8, 4) is 5.75 Å². The fourth-order valence-corrected chi connectivity index (χ4v) is 1.65. The van der Waals surface area contributed by atoms with Gasteiger partial charge in [0, 0.05) is 17.7 Å². The number of carbonyl (C=O) groups excluding carboxylic acids is 2. The summed E-state index contributed by atoms with van der Waals surface area (Å²) in [5.41, 5.74) is 0.0613. The second-order valence-electron chi connectivity index (χ2n) is 4.54. The van der Waals surface area contributed by atoms with E-state index in [1.165, 1.54) is 18.2 Å². The highest BCUT2D eigenvalue weighted by Gasteiger charge is 2.23. The maximum absolute atomic E-state index is 11.4. The number of amides is 1. The smallest absolute Gasteiger partial charge is 0.310 e. The monoisotopic (exact) mass is 278 g/mol. The van der Waals surface area contributed by atoms with E-state index >= 15 is 0 Å². The van der Waals surface area contributed by atoms with Gasteiger partial charge in [0.15, 0.2) is 5.75 Å². The third-order valence-corrected chi connectivity index (χ3v) is 2.85. The van der Waals surface area contributed by atoms with Gasteiger partial charge >= 0.3 is 5.69 Å². The van der Waals surface area contributed by atoms with Crippen molar-refractivity contribution in [1.29, 1.82) is 0 Å². The third-order valence-electron chi connectivity index (χ3n) is 2.85. The molecule has 1 aromatic carbocycles. The van der Waals surface area contributed by atoms with Gasteiger partial charge in [0.25, 0.3) is 0 Å². The zero-order chi connectivity index (χ0) is 14.5. The molecule has 0 radical (unpaired) electrons. The van der Waals surface area contributed by atoms with E-state index < -0.39 is 4.92 Å². The van der Waals surface area contributed by atoms with Crippen LogP contribution < -0.4 is 10.1 Å². The van der Waals surface area contributed by atoms with E-state index in [-0.39, 0.29) is 42.0 Å². The Morgan fingerprint density at radius 2 is 2.25 bits per heavy atom. The van der Waals surface area contributed by atoms with Crippen molar-refractivity contribution in [3.05, 3.63) is 33.9 Å². The minimum atomic E-state index is -0.589. The van der Waals surface area contributed by atoms with Crippen LogP contribution in [0.15, 0.2) is 18.2 Å². The number of benzene rings is 1. The van der Waals surface area contributed by atoms with Crippen molar-refractivity contribution >= 4 is 17.9 Å². The maximum Gasteiger partial charge on any atom is 0.310 e. The molecule has 1 aliphatic carbocycles. The molecule has 1 amide bonds. The largest absolute Gasteiger partial charge is 0.486 e. The van der Waals surface area contributed by atoms with Gasteiger partial charge in [-0.2, -0.15) is 0 Å². The summed E-state index contributed by atoms with van der Waals surface area (Å²) in [5, 5.41) is 13.6. The Morgan fingerprint density at radius 3 is 2.85 bits per heavy atom. The molecule has 1 N–H and O–H groups in total. The quantitative estimate of drug-likeness (QED) is 0.462. The van der Waals surface area contributed by atoms with Crippen molar-refractivity contribution in [2.24, 2.45) is 0 Å². The normalized spacial score (nSPS) is 13.6. The molecule has 1 saturated carbocycles. The first-order valence-electron chi connectivity index (χ1n) is 6.26. The van der Waals surface area contributed by atoms with Crippen LogP contribution in [-0.4, -0.2) is 29.8 Å². The lowest BCUT2D eigenvalue weighted by Gasteiger charge is -2.07. The van der Waals surface area contributed by atoms with Gasteiger partial charge < -0.3 is 10.1 Å². The van der Waals surface area contributed by atoms with Crippen LogP contribution in [0.2, 0.25) is 0 Å². The maximum atomic E-state index is 11.4. The number of carbonyl (C=O) groups is 2. The number of hydrogen-bond acceptors (Lipinski definition) is 5. The Hall–Kier alpha value is -2.44. The van der Waals surface area contributed by atoms with Crippen LogP contribution in [0.3, 0.4) is 0 Å². The summed E-state index contributed by atoms with van der Waals surface area (Å²) in [6, 6.07) is 4.13. The molecule has 1 aromatic rings. The van der Waals surface area contributed by atoms with Crippen LogP contribution >= 0.6 is 0 Å². The predicted molar refractivity (Wildman–Crippen MR) is 69.8 cm³/mol. The molecule has 20 heavy (non-hydrogen) atoms. The van der Waals surface area contributed by atoms with Crippen molar-refractivity contribution in [3.63, 3.8) is 0 Å². The molecular formula is C13H14N2O5. The Labute approximate surface area is 115 Å². The van der Waals surface area contributed by atoms with Crippen molar-refractivity contribution in [2.75, 3.05) is 6.61 Å². The van der Waals surface area contributed by atoms with Gasteiger partial charge in [-0.05, 0) is 25.0 Å². The first-order valence-corrected chi connectivity index (χ1v) is 6.26. The van der Waals surface area contributed by atoms with Gasteiger partial charge in [0.1, 0.15) is 6.29 Å². The van der Waals surface area contributed by atoms with Crippen molar-refractivity contribution in [2.45, 2.75) is 25.3 Å². The SMILES string of the molecule is O=Cc1ccc([N+](=O)[O-])c(OCCC(=O)NC2CC2)c1. The molecule has 0 spiro atoms. The average Bonchev–Trinajstić information content (AvgIpc) is 3.22. The zero-order valence-corrected chi connectivity index (χ0v) is 10.7. The van der Waals surface area contributed by atoms with Crippen LogP contribution in [0, 0.1) is 10.1 Å². The Morgan fingerprint density at radius 1 is 1.50 bits per heavy atom. The standard InChI is InChI=1S/C13H14N2O5/c16-8-9-1-4-11(15(18)19)12(7-9)20-6-5-13(17)14-10-2-3-10/h1,4,7-8,10H,2-3,5-6H2,(H,14,17). The summed E-state index contributed by atoms with van der Waals surface area (Å²) in [7, 11) is 0. The summed E-state index contributed by atoms with van der Waals surface area (Å²) in [6.45, 7) is 0.0295. The van der Waals surface area contributed by atoms with Gasteiger partial charge in [0.05, 0.1) is 18.0 Å².